The standard InChI is InChI=1S/C17H24ClNO2/c1-11(2)13-5-14-7-19(12(3)4)17(8-20-9-17)10-21-16(14)15(18)6-13/h5-6,11-12H,7-10H2,1-4H3. The molecule has 1 fully saturated rings. The zero-order chi connectivity index (χ0) is 15.2. The van der Waals surface area contributed by atoms with Crippen LogP contribution in [0.2, 0.25) is 5.02 Å². The first-order valence-electron chi connectivity index (χ1n) is 7.72. The summed E-state index contributed by atoms with van der Waals surface area (Å²) in [5.41, 5.74) is 2.48. The van der Waals surface area contributed by atoms with Crippen LogP contribution in [0.1, 0.15) is 44.7 Å². The minimum Gasteiger partial charge on any atom is -0.490 e. The molecule has 0 N–H and O–H groups in total. The Hall–Kier alpha value is -0.770. The van der Waals surface area contributed by atoms with Gasteiger partial charge in [0.05, 0.1) is 18.2 Å². The zero-order valence-electron chi connectivity index (χ0n) is 13.3. The first-order valence-corrected chi connectivity index (χ1v) is 8.10. The molecule has 2 aliphatic rings. The van der Waals surface area contributed by atoms with E-state index in [9.17, 15) is 0 Å². The molecule has 1 spiro atoms. The number of benzene rings is 1. The van der Waals surface area contributed by atoms with Crippen LogP contribution >= 0.6 is 11.6 Å². The van der Waals surface area contributed by atoms with Crippen molar-refractivity contribution in [3.8, 4) is 5.75 Å². The van der Waals surface area contributed by atoms with Gasteiger partial charge in [0.1, 0.15) is 17.9 Å². The fourth-order valence-corrected chi connectivity index (χ4v) is 3.55. The molecule has 3 nitrogen and oxygen atoms in total. The van der Waals surface area contributed by atoms with Crippen molar-refractivity contribution in [2.75, 3.05) is 19.8 Å². The Morgan fingerprint density at radius 1 is 1.14 bits per heavy atom. The number of hydrogen-bond acceptors (Lipinski definition) is 3. The van der Waals surface area contributed by atoms with Gasteiger partial charge in [0.2, 0.25) is 0 Å². The number of fused-ring (bicyclic) bond motifs is 1. The maximum Gasteiger partial charge on any atom is 0.142 e. The molecule has 0 amide bonds. The third-order valence-electron chi connectivity index (χ3n) is 4.61. The molecule has 0 unspecified atom stereocenters. The van der Waals surface area contributed by atoms with E-state index in [-0.39, 0.29) is 5.54 Å². The Morgan fingerprint density at radius 2 is 1.86 bits per heavy atom. The third kappa shape index (κ3) is 2.56. The normalized spacial score (nSPS) is 21.1. The maximum absolute atomic E-state index is 6.47. The smallest absolute Gasteiger partial charge is 0.142 e. The molecule has 116 valence electrons. The number of hydrogen-bond donors (Lipinski definition) is 0. The van der Waals surface area contributed by atoms with Gasteiger partial charge in [-0.15, -0.1) is 0 Å². The van der Waals surface area contributed by atoms with Crippen LogP contribution in [-0.4, -0.2) is 36.3 Å². The highest BCUT2D eigenvalue weighted by Gasteiger charge is 2.47. The summed E-state index contributed by atoms with van der Waals surface area (Å²) in [4.78, 5) is 2.50. The van der Waals surface area contributed by atoms with Gasteiger partial charge in [0.15, 0.2) is 0 Å². The van der Waals surface area contributed by atoms with Crippen molar-refractivity contribution in [1.29, 1.82) is 0 Å². The molecule has 1 aromatic carbocycles. The zero-order valence-corrected chi connectivity index (χ0v) is 14.0. The average Bonchev–Trinajstić information content (AvgIpc) is 2.55. The lowest BCUT2D eigenvalue weighted by Gasteiger charge is -2.49. The molecule has 2 heterocycles. The summed E-state index contributed by atoms with van der Waals surface area (Å²) in [6.45, 7) is 11.9. The minimum absolute atomic E-state index is 0.00844. The van der Waals surface area contributed by atoms with Gasteiger partial charge in [-0.2, -0.15) is 0 Å². The summed E-state index contributed by atoms with van der Waals surface area (Å²) in [5.74, 6) is 1.32. The number of halogens is 1. The van der Waals surface area contributed by atoms with Crippen LogP contribution in [0.5, 0.6) is 5.75 Å². The summed E-state index contributed by atoms with van der Waals surface area (Å²) in [6, 6.07) is 4.74. The van der Waals surface area contributed by atoms with E-state index in [2.05, 4.69) is 38.7 Å². The van der Waals surface area contributed by atoms with E-state index in [4.69, 9.17) is 21.1 Å². The molecule has 1 aromatic rings. The Bertz CT molecular complexity index is 538. The quantitative estimate of drug-likeness (QED) is 0.828. The maximum atomic E-state index is 6.47. The van der Waals surface area contributed by atoms with E-state index in [0.717, 1.165) is 30.5 Å². The second-order valence-electron chi connectivity index (χ2n) is 6.87. The summed E-state index contributed by atoms with van der Waals surface area (Å²) in [5, 5.41) is 0.734. The van der Waals surface area contributed by atoms with Gasteiger partial charge in [0.25, 0.3) is 0 Å². The van der Waals surface area contributed by atoms with E-state index < -0.39 is 0 Å². The summed E-state index contributed by atoms with van der Waals surface area (Å²) in [7, 11) is 0. The van der Waals surface area contributed by atoms with Crippen LogP contribution in [0, 0.1) is 0 Å². The topological polar surface area (TPSA) is 21.7 Å². The van der Waals surface area contributed by atoms with Gasteiger partial charge < -0.3 is 9.47 Å². The van der Waals surface area contributed by atoms with Crippen molar-refractivity contribution in [2.45, 2.75) is 51.7 Å². The van der Waals surface area contributed by atoms with Crippen LogP contribution < -0.4 is 4.74 Å². The predicted molar refractivity (Wildman–Crippen MR) is 85.3 cm³/mol. The molecule has 2 aliphatic heterocycles. The van der Waals surface area contributed by atoms with Crippen molar-refractivity contribution in [3.05, 3.63) is 28.3 Å². The monoisotopic (exact) mass is 309 g/mol. The molecule has 3 rings (SSSR count). The SMILES string of the molecule is CC(C)c1cc(Cl)c2c(c1)CN(C(C)C)C1(COC1)CO2. The van der Waals surface area contributed by atoms with Crippen molar-refractivity contribution in [1.82, 2.24) is 4.90 Å². The van der Waals surface area contributed by atoms with E-state index in [1.807, 2.05) is 6.07 Å². The molecule has 21 heavy (non-hydrogen) atoms. The Labute approximate surface area is 132 Å². The lowest BCUT2D eigenvalue weighted by Crippen LogP contribution is -2.66. The summed E-state index contributed by atoms with van der Waals surface area (Å²) < 4.78 is 11.6. The molecular weight excluding hydrogens is 286 g/mol. The third-order valence-corrected chi connectivity index (χ3v) is 4.89. The van der Waals surface area contributed by atoms with Gasteiger partial charge in [-0.3, -0.25) is 4.90 Å². The number of nitrogens with zero attached hydrogens (tertiary/aromatic N) is 1. The Kier molecular flexibility index (Phi) is 3.93. The van der Waals surface area contributed by atoms with Gasteiger partial charge in [-0.05, 0) is 31.4 Å². The summed E-state index contributed by atoms with van der Waals surface area (Å²) in [6.07, 6.45) is 0. The molecule has 4 heteroatoms. The van der Waals surface area contributed by atoms with Crippen molar-refractivity contribution < 1.29 is 9.47 Å². The second kappa shape index (κ2) is 5.45. The Morgan fingerprint density at radius 3 is 2.38 bits per heavy atom. The second-order valence-corrected chi connectivity index (χ2v) is 7.28. The molecule has 0 aliphatic carbocycles. The van der Waals surface area contributed by atoms with Crippen LogP contribution in [0.4, 0.5) is 0 Å². The van der Waals surface area contributed by atoms with Crippen LogP contribution in [-0.2, 0) is 11.3 Å². The van der Waals surface area contributed by atoms with Crippen LogP contribution in [0.3, 0.4) is 0 Å². The fraction of sp³-hybridized carbons (Fsp3) is 0.647. The average molecular weight is 310 g/mol. The minimum atomic E-state index is 0.00844. The van der Waals surface area contributed by atoms with Crippen molar-refractivity contribution >= 4 is 11.6 Å². The molecular formula is C17H24ClNO2. The van der Waals surface area contributed by atoms with Crippen molar-refractivity contribution in [3.63, 3.8) is 0 Å². The first kappa shape index (κ1) is 15.1. The summed E-state index contributed by atoms with van der Waals surface area (Å²) >= 11 is 6.47. The van der Waals surface area contributed by atoms with Gasteiger partial charge in [0, 0.05) is 18.2 Å². The van der Waals surface area contributed by atoms with E-state index in [1.54, 1.807) is 0 Å². The molecule has 0 atom stereocenters. The molecule has 0 saturated carbocycles. The Balaban J connectivity index is 2.01. The molecule has 0 bridgehead atoms. The molecule has 0 aromatic heterocycles. The number of ether oxygens (including phenoxy) is 2. The number of rotatable bonds is 2. The molecule has 1 saturated heterocycles. The lowest BCUT2D eigenvalue weighted by atomic mass is 9.93. The fourth-order valence-electron chi connectivity index (χ4n) is 3.24. The van der Waals surface area contributed by atoms with Gasteiger partial charge in [-0.25, -0.2) is 0 Å². The predicted octanol–water partition coefficient (Wildman–Crippen LogP) is 3.84. The largest absolute Gasteiger partial charge is 0.490 e. The van der Waals surface area contributed by atoms with Gasteiger partial charge in [-0.1, -0.05) is 31.5 Å². The van der Waals surface area contributed by atoms with E-state index in [1.165, 1.54) is 11.1 Å². The van der Waals surface area contributed by atoms with Crippen molar-refractivity contribution in [2.24, 2.45) is 0 Å². The van der Waals surface area contributed by atoms with E-state index >= 15 is 0 Å². The van der Waals surface area contributed by atoms with Crippen LogP contribution in [0.25, 0.3) is 0 Å². The highest BCUT2D eigenvalue weighted by atomic mass is 35.5. The van der Waals surface area contributed by atoms with E-state index in [0.29, 0.717) is 18.6 Å². The van der Waals surface area contributed by atoms with Gasteiger partial charge >= 0.3 is 0 Å². The highest BCUT2D eigenvalue weighted by molar-refractivity contribution is 6.32. The van der Waals surface area contributed by atoms with Crippen LogP contribution in [0.15, 0.2) is 12.1 Å². The molecule has 0 radical (unpaired) electrons. The lowest BCUT2D eigenvalue weighted by molar-refractivity contribution is -0.164. The highest BCUT2D eigenvalue weighted by Crippen LogP contribution is 2.40. The first-order chi connectivity index (χ1) is 9.93.